The highest BCUT2D eigenvalue weighted by Gasteiger charge is 2.36. The van der Waals surface area contributed by atoms with E-state index in [0.29, 0.717) is 0 Å². The molecule has 2 rings (SSSR count). The first-order valence-corrected chi connectivity index (χ1v) is 8.35. The Morgan fingerprint density at radius 1 is 1.32 bits per heavy atom. The van der Waals surface area contributed by atoms with Crippen LogP contribution < -0.4 is 4.72 Å². The molecule has 0 aliphatic carbocycles. The van der Waals surface area contributed by atoms with E-state index < -0.39 is 27.8 Å². The van der Waals surface area contributed by atoms with Crippen molar-refractivity contribution in [2.75, 3.05) is 12.8 Å². The first kappa shape index (κ1) is 16.8. The predicted octanol–water partition coefficient (Wildman–Crippen LogP) is 1.36. The molecule has 0 bridgehead atoms. The van der Waals surface area contributed by atoms with Crippen molar-refractivity contribution in [1.82, 2.24) is 9.62 Å². The summed E-state index contributed by atoms with van der Waals surface area (Å²) in [6.07, 6.45) is -3.58. The van der Waals surface area contributed by atoms with Gasteiger partial charge in [-0.2, -0.15) is 13.2 Å². The standard InChI is InChI=1S/C13H15F3N2O3S/c1-22(20,21)17-10-6-12(19)18(8-10)7-9-4-2-3-5-11(9)13(14,15)16/h2-5,10,17H,6-8H2,1H3/t10-/m0/s1. The molecule has 0 aromatic heterocycles. The normalized spacial score (nSPS) is 19.7. The topological polar surface area (TPSA) is 66.5 Å². The van der Waals surface area contributed by atoms with Crippen LogP contribution in [0.15, 0.2) is 24.3 Å². The number of alkyl halides is 3. The Kier molecular flexibility index (Phi) is 4.48. The average molecular weight is 336 g/mol. The Balaban J connectivity index is 2.14. The minimum absolute atomic E-state index is 0.0108. The van der Waals surface area contributed by atoms with Gasteiger partial charge in [0.25, 0.3) is 0 Å². The molecule has 1 fully saturated rings. The summed E-state index contributed by atoms with van der Waals surface area (Å²) in [4.78, 5) is 13.1. The van der Waals surface area contributed by atoms with Crippen LogP contribution in [0.5, 0.6) is 0 Å². The van der Waals surface area contributed by atoms with Gasteiger partial charge in [-0.3, -0.25) is 4.79 Å². The fraction of sp³-hybridized carbons (Fsp3) is 0.462. The van der Waals surface area contributed by atoms with Gasteiger partial charge in [0.2, 0.25) is 15.9 Å². The fourth-order valence-electron chi connectivity index (χ4n) is 2.45. The van der Waals surface area contributed by atoms with Crippen LogP contribution in [0, 0.1) is 0 Å². The molecule has 0 saturated carbocycles. The Morgan fingerprint density at radius 2 is 1.95 bits per heavy atom. The third kappa shape index (κ3) is 4.20. The van der Waals surface area contributed by atoms with E-state index in [4.69, 9.17) is 0 Å². The molecule has 9 heteroatoms. The van der Waals surface area contributed by atoms with E-state index >= 15 is 0 Å². The molecule has 0 spiro atoms. The maximum atomic E-state index is 12.9. The molecular formula is C13H15F3N2O3S. The summed E-state index contributed by atoms with van der Waals surface area (Å²) in [6.45, 7) is -0.144. The number of rotatable bonds is 4. The van der Waals surface area contributed by atoms with Crippen molar-refractivity contribution in [2.45, 2.75) is 25.2 Å². The lowest BCUT2D eigenvalue weighted by molar-refractivity contribution is -0.139. The van der Waals surface area contributed by atoms with E-state index in [9.17, 15) is 26.4 Å². The van der Waals surface area contributed by atoms with Gasteiger partial charge in [-0.25, -0.2) is 13.1 Å². The number of hydrogen-bond donors (Lipinski definition) is 1. The van der Waals surface area contributed by atoms with Gasteiger partial charge in [0.1, 0.15) is 0 Å². The molecule has 0 radical (unpaired) electrons. The highest BCUT2D eigenvalue weighted by atomic mass is 32.2. The van der Waals surface area contributed by atoms with Crippen LogP contribution in [0.3, 0.4) is 0 Å². The van der Waals surface area contributed by atoms with E-state index in [0.717, 1.165) is 12.3 Å². The van der Waals surface area contributed by atoms with Gasteiger partial charge < -0.3 is 4.90 Å². The molecule has 1 aromatic carbocycles. The molecule has 0 unspecified atom stereocenters. The zero-order valence-electron chi connectivity index (χ0n) is 11.7. The zero-order chi connectivity index (χ0) is 16.5. The number of amides is 1. The Bertz CT molecular complexity index is 673. The van der Waals surface area contributed by atoms with Gasteiger partial charge in [-0.1, -0.05) is 18.2 Å². The molecule has 22 heavy (non-hydrogen) atoms. The van der Waals surface area contributed by atoms with Crippen LogP contribution in [0.25, 0.3) is 0 Å². The summed E-state index contributed by atoms with van der Waals surface area (Å²) < 4.78 is 63.4. The van der Waals surface area contributed by atoms with Gasteiger partial charge in [0.15, 0.2) is 0 Å². The molecule has 1 amide bonds. The molecule has 5 nitrogen and oxygen atoms in total. The van der Waals surface area contributed by atoms with Crippen LogP contribution in [-0.2, 0) is 27.5 Å². The first-order chi connectivity index (χ1) is 10.1. The summed E-state index contributed by atoms with van der Waals surface area (Å²) in [5.41, 5.74) is -0.800. The second-order valence-electron chi connectivity index (χ2n) is 5.22. The number of nitrogens with one attached hydrogen (secondary N) is 1. The van der Waals surface area contributed by atoms with Crippen molar-refractivity contribution >= 4 is 15.9 Å². The SMILES string of the molecule is CS(=O)(=O)N[C@H]1CC(=O)N(Cc2ccccc2C(F)(F)F)C1. The van der Waals surface area contributed by atoms with Crippen LogP contribution in [0.2, 0.25) is 0 Å². The minimum Gasteiger partial charge on any atom is -0.337 e. The molecule has 1 atom stereocenters. The molecule has 122 valence electrons. The number of likely N-dealkylation sites (tertiary alicyclic amines) is 1. The molecule has 1 aliphatic heterocycles. The van der Waals surface area contributed by atoms with Crippen LogP contribution in [0.1, 0.15) is 17.5 Å². The molecule has 1 heterocycles. The van der Waals surface area contributed by atoms with Crippen LogP contribution >= 0.6 is 0 Å². The number of benzene rings is 1. The smallest absolute Gasteiger partial charge is 0.337 e. The van der Waals surface area contributed by atoms with Crippen LogP contribution in [0.4, 0.5) is 13.2 Å². The maximum Gasteiger partial charge on any atom is 0.416 e. The number of carbonyl (C=O) groups is 1. The van der Waals surface area contributed by atoms with Gasteiger partial charge in [-0.05, 0) is 11.6 Å². The fourth-order valence-corrected chi connectivity index (χ4v) is 3.21. The van der Waals surface area contributed by atoms with E-state index in [1.807, 2.05) is 0 Å². The Morgan fingerprint density at radius 3 is 2.55 bits per heavy atom. The third-order valence-corrected chi connectivity index (χ3v) is 4.04. The zero-order valence-corrected chi connectivity index (χ0v) is 12.5. The quantitative estimate of drug-likeness (QED) is 0.903. The molecule has 1 aliphatic rings. The van der Waals surface area contributed by atoms with Crippen molar-refractivity contribution in [3.63, 3.8) is 0 Å². The summed E-state index contributed by atoms with van der Waals surface area (Å²) in [7, 11) is -3.47. The van der Waals surface area contributed by atoms with Gasteiger partial charge >= 0.3 is 6.18 Å². The number of carbonyl (C=O) groups excluding carboxylic acids is 1. The van der Waals surface area contributed by atoms with E-state index in [2.05, 4.69) is 4.72 Å². The maximum absolute atomic E-state index is 12.9. The molecule has 1 N–H and O–H groups in total. The van der Waals surface area contributed by atoms with Gasteiger partial charge in [0.05, 0.1) is 11.8 Å². The summed E-state index contributed by atoms with van der Waals surface area (Å²) >= 11 is 0. The lowest BCUT2D eigenvalue weighted by Crippen LogP contribution is -2.36. The van der Waals surface area contributed by atoms with Crippen molar-refractivity contribution in [3.8, 4) is 0 Å². The third-order valence-electron chi connectivity index (χ3n) is 3.28. The average Bonchev–Trinajstić information content (AvgIpc) is 2.66. The van der Waals surface area contributed by atoms with Gasteiger partial charge in [-0.15, -0.1) is 0 Å². The number of halogens is 3. The highest BCUT2D eigenvalue weighted by molar-refractivity contribution is 7.88. The second kappa shape index (κ2) is 5.88. The van der Waals surface area contributed by atoms with E-state index in [-0.39, 0.29) is 31.0 Å². The Labute approximate surface area is 126 Å². The number of nitrogens with zero attached hydrogens (tertiary/aromatic N) is 1. The number of hydrogen-bond acceptors (Lipinski definition) is 3. The molecule has 1 aromatic rings. The first-order valence-electron chi connectivity index (χ1n) is 6.46. The Hall–Kier alpha value is -1.61. The monoisotopic (exact) mass is 336 g/mol. The lowest BCUT2D eigenvalue weighted by Gasteiger charge is -2.20. The summed E-state index contributed by atoms with van der Waals surface area (Å²) in [6, 6.07) is 4.42. The van der Waals surface area contributed by atoms with Gasteiger partial charge in [0, 0.05) is 25.6 Å². The number of sulfonamides is 1. The van der Waals surface area contributed by atoms with Crippen LogP contribution in [-0.4, -0.2) is 38.1 Å². The molecule has 1 saturated heterocycles. The largest absolute Gasteiger partial charge is 0.416 e. The van der Waals surface area contributed by atoms with Crippen molar-refractivity contribution < 1.29 is 26.4 Å². The predicted molar refractivity (Wildman–Crippen MR) is 73.2 cm³/mol. The van der Waals surface area contributed by atoms with E-state index in [1.165, 1.54) is 23.1 Å². The lowest BCUT2D eigenvalue weighted by atomic mass is 10.1. The van der Waals surface area contributed by atoms with E-state index in [1.54, 1.807) is 0 Å². The van der Waals surface area contributed by atoms with Crippen molar-refractivity contribution in [3.05, 3.63) is 35.4 Å². The molecular weight excluding hydrogens is 321 g/mol. The van der Waals surface area contributed by atoms with Crippen molar-refractivity contribution in [2.24, 2.45) is 0 Å². The van der Waals surface area contributed by atoms with Crippen molar-refractivity contribution in [1.29, 1.82) is 0 Å². The minimum atomic E-state index is -4.50. The highest BCUT2D eigenvalue weighted by Crippen LogP contribution is 2.32. The second-order valence-corrected chi connectivity index (χ2v) is 7.00. The summed E-state index contributed by atoms with van der Waals surface area (Å²) in [5.74, 6) is -0.377. The summed E-state index contributed by atoms with van der Waals surface area (Å²) in [5, 5.41) is 0.